The molecule has 0 saturated carbocycles. The molecule has 3 rings (SSSR count). The maximum atomic E-state index is 12.2. The molecule has 0 aliphatic carbocycles. The van der Waals surface area contributed by atoms with Gasteiger partial charge < -0.3 is 4.57 Å². The van der Waals surface area contributed by atoms with E-state index in [1.165, 1.54) is 39.1 Å². The lowest BCUT2D eigenvalue weighted by Crippen LogP contribution is -2.17. The summed E-state index contributed by atoms with van der Waals surface area (Å²) < 4.78 is 1.40. The van der Waals surface area contributed by atoms with Gasteiger partial charge in [-0.05, 0) is 12.5 Å². The molecule has 0 atom stereocenters. The highest BCUT2D eigenvalue weighted by molar-refractivity contribution is 7.20. The predicted octanol–water partition coefficient (Wildman–Crippen LogP) is 1.41. The van der Waals surface area contributed by atoms with Gasteiger partial charge in [0, 0.05) is 7.05 Å². The standard InChI is InChI=1S/C11H9N5O2S2/c1-5-6-9(12-3-16(2)10(6)18)20-7(5)8(17)14-11-15-13-4-19-11/h3-4H,1-2H3,(H,14,15,17). The molecule has 0 saturated heterocycles. The number of anilines is 1. The van der Waals surface area contributed by atoms with E-state index in [9.17, 15) is 9.59 Å². The summed E-state index contributed by atoms with van der Waals surface area (Å²) in [6.07, 6.45) is 1.45. The van der Waals surface area contributed by atoms with Crippen LogP contribution in [0.2, 0.25) is 0 Å². The van der Waals surface area contributed by atoms with Gasteiger partial charge in [-0.15, -0.1) is 21.5 Å². The number of carbonyl (C=O) groups excluding carboxylic acids is 1. The van der Waals surface area contributed by atoms with Gasteiger partial charge in [0.15, 0.2) is 0 Å². The molecular formula is C11H9N5O2S2. The minimum absolute atomic E-state index is 0.154. The van der Waals surface area contributed by atoms with Crippen molar-refractivity contribution in [2.75, 3.05) is 5.32 Å². The quantitative estimate of drug-likeness (QED) is 0.773. The van der Waals surface area contributed by atoms with Crippen molar-refractivity contribution in [2.24, 2.45) is 7.05 Å². The first-order valence-corrected chi connectivity index (χ1v) is 7.30. The minimum Gasteiger partial charge on any atom is -0.302 e. The number of amides is 1. The topological polar surface area (TPSA) is 89.8 Å². The first kappa shape index (κ1) is 12.9. The Morgan fingerprint density at radius 3 is 2.95 bits per heavy atom. The molecule has 20 heavy (non-hydrogen) atoms. The molecule has 7 nitrogen and oxygen atoms in total. The number of thiophene rings is 1. The molecule has 3 aromatic rings. The molecule has 0 spiro atoms. The summed E-state index contributed by atoms with van der Waals surface area (Å²) in [6.45, 7) is 1.75. The van der Waals surface area contributed by atoms with Crippen molar-refractivity contribution in [3.63, 3.8) is 0 Å². The maximum absolute atomic E-state index is 12.2. The molecule has 1 N–H and O–H groups in total. The maximum Gasteiger partial charge on any atom is 0.267 e. The molecule has 0 aliphatic rings. The number of nitrogens with zero attached hydrogens (tertiary/aromatic N) is 4. The van der Waals surface area contributed by atoms with E-state index in [-0.39, 0.29) is 11.5 Å². The Balaban J connectivity index is 2.09. The molecule has 0 unspecified atom stereocenters. The number of hydrogen-bond donors (Lipinski definition) is 1. The zero-order chi connectivity index (χ0) is 14.3. The highest BCUT2D eigenvalue weighted by Gasteiger charge is 2.19. The number of hydrogen-bond acceptors (Lipinski definition) is 7. The lowest BCUT2D eigenvalue weighted by atomic mass is 10.2. The van der Waals surface area contributed by atoms with Gasteiger partial charge in [-0.1, -0.05) is 11.3 Å². The van der Waals surface area contributed by atoms with Crippen molar-refractivity contribution >= 4 is 43.9 Å². The number of carbonyl (C=O) groups is 1. The summed E-state index contributed by atoms with van der Waals surface area (Å²) in [5.74, 6) is -0.302. The zero-order valence-corrected chi connectivity index (χ0v) is 12.2. The Hall–Kier alpha value is -2.13. The number of rotatable bonds is 2. The largest absolute Gasteiger partial charge is 0.302 e. The van der Waals surface area contributed by atoms with E-state index in [0.717, 1.165) is 0 Å². The van der Waals surface area contributed by atoms with Crippen LogP contribution < -0.4 is 10.9 Å². The smallest absolute Gasteiger partial charge is 0.267 e. The first-order valence-electron chi connectivity index (χ1n) is 5.60. The fourth-order valence-electron chi connectivity index (χ4n) is 1.81. The van der Waals surface area contributed by atoms with Crippen molar-refractivity contribution < 1.29 is 4.79 Å². The van der Waals surface area contributed by atoms with Crippen LogP contribution in [0.3, 0.4) is 0 Å². The Labute approximate surface area is 120 Å². The van der Waals surface area contributed by atoms with E-state index in [1.807, 2.05) is 0 Å². The average Bonchev–Trinajstić information content (AvgIpc) is 3.02. The van der Waals surface area contributed by atoms with Crippen LogP contribution in [0.25, 0.3) is 10.2 Å². The third-order valence-corrected chi connectivity index (χ3v) is 4.60. The van der Waals surface area contributed by atoms with E-state index >= 15 is 0 Å². The number of aromatic nitrogens is 4. The van der Waals surface area contributed by atoms with E-state index in [0.29, 0.717) is 25.8 Å². The highest BCUT2D eigenvalue weighted by atomic mass is 32.1. The van der Waals surface area contributed by atoms with E-state index in [4.69, 9.17) is 0 Å². The second kappa shape index (κ2) is 4.76. The molecule has 3 heterocycles. The van der Waals surface area contributed by atoms with Gasteiger partial charge in [0.25, 0.3) is 11.5 Å². The average molecular weight is 307 g/mol. The molecule has 0 aliphatic heterocycles. The van der Waals surface area contributed by atoms with Gasteiger partial charge in [0.05, 0.1) is 16.6 Å². The fraction of sp³-hybridized carbons (Fsp3) is 0.182. The summed E-state index contributed by atoms with van der Waals surface area (Å²) in [5, 5.41) is 11.0. The lowest BCUT2D eigenvalue weighted by Gasteiger charge is -1.99. The van der Waals surface area contributed by atoms with Gasteiger partial charge in [0.2, 0.25) is 5.13 Å². The summed E-state index contributed by atoms with van der Waals surface area (Å²) in [7, 11) is 1.63. The fourth-order valence-corrected chi connectivity index (χ4v) is 3.28. The van der Waals surface area contributed by atoms with Crippen LogP contribution in [0.4, 0.5) is 5.13 Å². The SMILES string of the molecule is Cc1c(C(=O)Nc2nncs2)sc2ncn(C)c(=O)c12. The van der Waals surface area contributed by atoms with Crippen molar-refractivity contribution in [2.45, 2.75) is 6.92 Å². The van der Waals surface area contributed by atoms with Crippen LogP contribution in [0, 0.1) is 6.92 Å². The molecule has 0 radical (unpaired) electrons. The van der Waals surface area contributed by atoms with Crippen LogP contribution in [0.15, 0.2) is 16.6 Å². The Morgan fingerprint density at radius 1 is 1.45 bits per heavy atom. The molecule has 0 fully saturated rings. The molecule has 3 aromatic heterocycles. The lowest BCUT2D eigenvalue weighted by molar-refractivity contribution is 0.103. The molecule has 1 amide bonds. The van der Waals surface area contributed by atoms with Crippen molar-refractivity contribution in [1.29, 1.82) is 0 Å². The van der Waals surface area contributed by atoms with Crippen LogP contribution >= 0.6 is 22.7 Å². The Kier molecular flexibility index (Phi) is 3.07. The zero-order valence-electron chi connectivity index (χ0n) is 10.6. The van der Waals surface area contributed by atoms with Crippen LogP contribution in [0.5, 0.6) is 0 Å². The summed E-state index contributed by atoms with van der Waals surface area (Å²) in [5.41, 5.74) is 2.02. The Bertz CT molecular complexity index is 850. The van der Waals surface area contributed by atoms with Gasteiger partial charge in [-0.2, -0.15) is 0 Å². The molecule has 0 aromatic carbocycles. The van der Waals surface area contributed by atoms with E-state index < -0.39 is 0 Å². The molecule has 0 bridgehead atoms. The molecular weight excluding hydrogens is 298 g/mol. The number of fused-ring (bicyclic) bond motifs is 1. The summed E-state index contributed by atoms with van der Waals surface area (Å²) >= 11 is 2.43. The van der Waals surface area contributed by atoms with Crippen LogP contribution in [-0.4, -0.2) is 25.7 Å². The highest BCUT2D eigenvalue weighted by Crippen LogP contribution is 2.27. The first-order chi connectivity index (χ1) is 9.58. The van der Waals surface area contributed by atoms with Crippen molar-refractivity contribution in [3.05, 3.63) is 32.6 Å². The monoisotopic (exact) mass is 307 g/mol. The van der Waals surface area contributed by atoms with Crippen LogP contribution in [-0.2, 0) is 7.05 Å². The van der Waals surface area contributed by atoms with Gasteiger partial charge in [0.1, 0.15) is 10.3 Å². The van der Waals surface area contributed by atoms with Crippen LogP contribution in [0.1, 0.15) is 15.2 Å². The summed E-state index contributed by atoms with van der Waals surface area (Å²) in [4.78, 5) is 29.5. The van der Waals surface area contributed by atoms with Gasteiger partial charge in [-0.25, -0.2) is 4.98 Å². The summed E-state index contributed by atoms with van der Waals surface area (Å²) in [6, 6.07) is 0. The Morgan fingerprint density at radius 2 is 2.25 bits per heavy atom. The van der Waals surface area contributed by atoms with Crippen molar-refractivity contribution in [3.8, 4) is 0 Å². The van der Waals surface area contributed by atoms with Crippen molar-refractivity contribution in [1.82, 2.24) is 19.7 Å². The number of nitrogens with one attached hydrogen (secondary N) is 1. The van der Waals surface area contributed by atoms with E-state index in [2.05, 4.69) is 20.5 Å². The third kappa shape index (κ3) is 2.00. The third-order valence-electron chi connectivity index (χ3n) is 2.80. The number of aryl methyl sites for hydroxylation is 2. The minimum atomic E-state index is -0.302. The molecule has 9 heteroatoms. The predicted molar refractivity (Wildman–Crippen MR) is 77.5 cm³/mol. The normalized spacial score (nSPS) is 10.9. The molecule has 102 valence electrons. The van der Waals surface area contributed by atoms with Gasteiger partial charge in [-0.3, -0.25) is 14.9 Å². The van der Waals surface area contributed by atoms with Gasteiger partial charge >= 0.3 is 0 Å². The van der Waals surface area contributed by atoms with E-state index in [1.54, 1.807) is 14.0 Å². The second-order valence-corrected chi connectivity index (χ2v) is 5.93. The second-order valence-electron chi connectivity index (χ2n) is 4.09.